The molecular formula is C29H31N7O. The Morgan fingerprint density at radius 3 is 2.62 bits per heavy atom. The van der Waals surface area contributed by atoms with E-state index in [1.807, 2.05) is 12.3 Å². The van der Waals surface area contributed by atoms with Crippen LogP contribution in [0, 0.1) is 0 Å². The molecule has 6 rings (SSSR count). The molecule has 0 unspecified atom stereocenters. The smallest absolute Gasteiger partial charge is 0.232 e. The molecule has 1 aliphatic rings. The summed E-state index contributed by atoms with van der Waals surface area (Å²) in [6.45, 7) is 5.06. The largest absolute Gasteiger partial charge is 0.378 e. The van der Waals surface area contributed by atoms with E-state index >= 15 is 0 Å². The van der Waals surface area contributed by atoms with Gasteiger partial charge in [0.05, 0.1) is 13.2 Å². The Labute approximate surface area is 216 Å². The molecule has 0 radical (unpaired) electrons. The summed E-state index contributed by atoms with van der Waals surface area (Å²) in [6, 6.07) is 18.9. The summed E-state index contributed by atoms with van der Waals surface area (Å²) in [4.78, 5) is 24.7. The Morgan fingerprint density at radius 1 is 0.919 bits per heavy atom. The number of fused-ring (bicyclic) bond motifs is 3. The van der Waals surface area contributed by atoms with Gasteiger partial charge in [-0.1, -0.05) is 31.2 Å². The molecule has 8 nitrogen and oxygen atoms in total. The fourth-order valence-corrected chi connectivity index (χ4v) is 4.77. The molecular weight excluding hydrogens is 462 g/mol. The molecule has 0 spiro atoms. The molecule has 0 atom stereocenters. The van der Waals surface area contributed by atoms with Gasteiger partial charge < -0.3 is 19.9 Å². The van der Waals surface area contributed by atoms with E-state index < -0.39 is 0 Å². The Morgan fingerprint density at radius 2 is 1.78 bits per heavy atom. The van der Waals surface area contributed by atoms with Crippen molar-refractivity contribution in [3.8, 4) is 0 Å². The Kier molecular flexibility index (Phi) is 6.64. The standard InChI is InChI=1S/C29H31N7O/c1-2-20-10-11-21(30-19-20)6-5-9-27-33-28(35-29(34-27)36-14-16-37-17-15-36)31-22-12-13-26-24(18-22)23-7-3-4-8-25(23)32-26/h3-4,7-8,10-13,18-19,32H,2,5-6,9,14-17H2,1H3,(H,31,33,34,35). The summed E-state index contributed by atoms with van der Waals surface area (Å²) in [5.74, 6) is 2.06. The maximum absolute atomic E-state index is 5.54. The number of morpholine rings is 1. The number of hydrogen-bond donors (Lipinski definition) is 2. The first kappa shape index (κ1) is 23.4. The lowest BCUT2D eigenvalue weighted by Crippen LogP contribution is -2.37. The van der Waals surface area contributed by atoms with Gasteiger partial charge in [-0.25, -0.2) is 0 Å². The van der Waals surface area contributed by atoms with Crippen LogP contribution in [-0.2, 0) is 24.0 Å². The molecule has 2 N–H and O–H groups in total. The van der Waals surface area contributed by atoms with Crippen LogP contribution >= 0.6 is 0 Å². The summed E-state index contributed by atoms with van der Waals surface area (Å²) in [5.41, 5.74) is 5.55. The molecule has 8 heteroatoms. The summed E-state index contributed by atoms with van der Waals surface area (Å²) < 4.78 is 5.54. The van der Waals surface area contributed by atoms with Crippen molar-refractivity contribution >= 4 is 39.4 Å². The fourth-order valence-electron chi connectivity index (χ4n) is 4.77. The lowest BCUT2D eigenvalue weighted by Gasteiger charge is -2.27. The maximum Gasteiger partial charge on any atom is 0.232 e. The van der Waals surface area contributed by atoms with E-state index in [0.29, 0.717) is 25.1 Å². The van der Waals surface area contributed by atoms with Crippen molar-refractivity contribution in [2.45, 2.75) is 32.6 Å². The zero-order chi connectivity index (χ0) is 25.0. The van der Waals surface area contributed by atoms with Gasteiger partial charge in [0.2, 0.25) is 11.9 Å². The van der Waals surface area contributed by atoms with Crippen LogP contribution in [0.4, 0.5) is 17.6 Å². The van der Waals surface area contributed by atoms with E-state index in [9.17, 15) is 0 Å². The number of rotatable bonds is 8. The zero-order valence-electron chi connectivity index (χ0n) is 21.1. The fraction of sp³-hybridized carbons (Fsp3) is 0.310. The first-order valence-electron chi connectivity index (χ1n) is 13.0. The van der Waals surface area contributed by atoms with Crippen molar-refractivity contribution in [3.63, 3.8) is 0 Å². The molecule has 0 bridgehead atoms. The van der Waals surface area contributed by atoms with Gasteiger partial charge in [-0.2, -0.15) is 15.0 Å². The third-order valence-electron chi connectivity index (χ3n) is 6.85. The van der Waals surface area contributed by atoms with Crippen molar-refractivity contribution in [2.75, 3.05) is 36.5 Å². The van der Waals surface area contributed by atoms with Crippen LogP contribution in [-0.4, -0.2) is 51.2 Å². The molecule has 3 aromatic heterocycles. The predicted molar refractivity (Wildman–Crippen MR) is 148 cm³/mol. The van der Waals surface area contributed by atoms with E-state index in [-0.39, 0.29) is 0 Å². The number of pyridine rings is 1. The second-order valence-corrected chi connectivity index (χ2v) is 9.40. The molecule has 1 saturated heterocycles. The second kappa shape index (κ2) is 10.5. The van der Waals surface area contributed by atoms with Gasteiger partial charge in [0.25, 0.3) is 0 Å². The van der Waals surface area contributed by atoms with Crippen molar-refractivity contribution in [2.24, 2.45) is 0 Å². The Hall–Kier alpha value is -4.04. The predicted octanol–water partition coefficient (Wildman–Crippen LogP) is 5.22. The van der Waals surface area contributed by atoms with Crippen LogP contribution in [0.5, 0.6) is 0 Å². The van der Waals surface area contributed by atoms with Gasteiger partial charge in [-0.05, 0) is 55.2 Å². The van der Waals surface area contributed by atoms with Crippen LogP contribution in [0.1, 0.15) is 30.4 Å². The number of aromatic nitrogens is 5. The van der Waals surface area contributed by atoms with Gasteiger partial charge in [0.1, 0.15) is 5.82 Å². The number of aryl methyl sites for hydroxylation is 3. The first-order chi connectivity index (χ1) is 18.2. The Bertz CT molecular complexity index is 1510. The van der Waals surface area contributed by atoms with Crippen LogP contribution < -0.4 is 10.2 Å². The van der Waals surface area contributed by atoms with Gasteiger partial charge in [-0.3, -0.25) is 4.98 Å². The highest BCUT2D eigenvalue weighted by Crippen LogP contribution is 2.28. The zero-order valence-corrected chi connectivity index (χ0v) is 21.1. The minimum absolute atomic E-state index is 0.566. The van der Waals surface area contributed by atoms with Crippen molar-refractivity contribution in [3.05, 3.63) is 77.9 Å². The molecule has 0 amide bonds. The number of H-pyrrole nitrogens is 1. The number of hydrogen-bond acceptors (Lipinski definition) is 7. The third kappa shape index (κ3) is 5.24. The van der Waals surface area contributed by atoms with E-state index in [0.717, 1.165) is 67.0 Å². The summed E-state index contributed by atoms with van der Waals surface area (Å²) in [5, 5.41) is 5.82. The SMILES string of the molecule is CCc1ccc(CCCc2nc(Nc3ccc4[nH]c5ccccc5c4c3)nc(N3CCOCC3)n2)nc1. The molecule has 1 aliphatic heterocycles. The van der Waals surface area contributed by atoms with E-state index in [1.54, 1.807) is 0 Å². The quantitative estimate of drug-likeness (QED) is 0.306. The highest BCUT2D eigenvalue weighted by molar-refractivity contribution is 6.08. The number of nitrogens with zero attached hydrogens (tertiary/aromatic N) is 5. The lowest BCUT2D eigenvalue weighted by molar-refractivity contribution is 0.122. The molecule has 2 aromatic carbocycles. The Balaban J connectivity index is 1.24. The number of nitrogens with one attached hydrogen (secondary N) is 2. The number of ether oxygens (including phenoxy) is 1. The van der Waals surface area contributed by atoms with Crippen molar-refractivity contribution < 1.29 is 4.74 Å². The summed E-state index contributed by atoms with van der Waals surface area (Å²) >= 11 is 0. The molecule has 1 fully saturated rings. The highest BCUT2D eigenvalue weighted by Gasteiger charge is 2.17. The third-order valence-corrected chi connectivity index (χ3v) is 6.85. The average molecular weight is 494 g/mol. The number of aromatic amines is 1. The minimum atomic E-state index is 0.566. The number of para-hydroxylation sites is 1. The van der Waals surface area contributed by atoms with Crippen molar-refractivity contribution in [1.29, 1.82) is 0 Å². The number of anilines is 3. The molecule has 5 aromatic rings. The highest BCUT2D eigenvalue weighted by atomic mass is 16.5. The topological polar surface area (TPSA) is 91.9 Å². The van der Waals surface area contributed by atoms with E-state index in [1.165, 1.54) is 16.3 Å². The molecule has 37 heavy (non-hydrogen) atoms. The van der Waals surface area contributed by atoms with E-state index in [2.05, 4.69) is 75.6 Å². The van der Waals surface area contributed by atoms with Gasteiger partial charge >= 0.3 is 0 Å². The summed E-state index contributed by atoms with van der Waals surface area (Å²) in [6.07, 6.45) is 5.55. The average Bonchev–Trinajstić information content (AvgIpc) is 3.32. The monoisotopic (exact) mass is 493 g/mol. The van der Waals surface area contributed by atoms with Crippen LogP contribution in [0.15, 0.2) is 60.8 Å². The van der Waals surface area contributed by atoms with Gasteiger partial charge in [0.15, 0.2) is 0 Å². The molecule has 188 valence electrons. The van der Waals surface area contributed by atoms with Gasteiger partial charge in [-0.15, -0.1) is 0 Å². The molecule has 0 aliphatic carbocycles. The van der Waals surface area contributed by atoms with E-state index in [4.69, 9.17) is 19.7 Å². The van der Waals surface area contributed by atoms with Crippen LogP contribution in [0.3, 0.4) is 0 Å². The molecule has 0 saturated carbocycles. The van der Waals surface area contributed by atoms with Gasteiger partial charge in [0, 0.05) is 58.9 Å². The van der Waals surface area contributed by atoms with Crippen LogP contribution in [0.25, 0.3) is 21.8 Å². The maximum atomic E-state index is 5.54. The normalized spacial score (nSPS) is 13.9. The van der Waals surface area contributed by atoms with Crippen LogP contribution in [0.2, 0.25) is 0 Å². The minimum Gasteiger partial charge on any atom is -0.378 e. The first-order valence-corrected chi connectivity index (χ1v) is 13.0. The molecule has 4 heterocycles. The summed E-state index contributed by atoms with van der Waals surface area (Å²) in [7, 11) is 0. The van der Waals surface area contributed by atoms with Crippen molar-refractivity contribution in [1.82, 2.24) is 24.9 Å². The lowest BCUT2D eigenvalue weighted by atomic mass is 10.1. The second-order valence-electron chi connectivity index (χ2n) is 9.40. The number of benzene rings is 2.